The van der Waals surface area contributed by atoms with Gasteiger partial charge in [0.05, 0.1) is 12.3 Å². The first-order valence-electron chi connectivity index (χ1n) is 7.18. The zero-order chi connectivity index (χ0) is 17.6. The number of hydrogen-bond acceptors (Lipinski definition) is 4. The van der Waals surface area contributed by atoms with E-state index in [2.05, 4.69) is 15.3 Å². The number of aromatic nitrogens is 1. The lowest BCUT2D eigenvalue weighted by Crippen LogP contribution is -2.20. The highest BCUT2D eigenvalue weighted by atomic mass is 19.4. The van der Waals surface area contributed by atoms with E-state index in [0.717, 1.165) is 11.3 Å². The topological polar surface area (TPSA) is 83.5 Å². The fourth-order valence-corrected chi connectivity index (χ4v) is 1.98. The van der Waals surface area contributed by atoms with Crippen LogP contribution in [0, 0.1) is 0 Å². The van der Waals surface area contributed by atoms with E-state index in [9.17, 15) is 13.2 Å². The minimum absolute atomic E-state index is 0.00413. The van der Waals surface area contributed by atoms with Crippen molar-refractivity contribution in [3.8, 4) is 11.3 Å². The van der Waals surface area contributed by atoms with E-state index >= 15 is 0 Å². The Bertz CT molecular complexity index is 716. The van der Waals surface area contributed by atoms with Gasteiger partial charge in [0.2, 0.25) is 0 Å². The summed E-state index contributed by atoms with van der Waals surface area (Å²) in [4.78, 5) is 7.59. The van der Waals surface area contributed by atoms with Crippen molar-refractivity contribution in [3.05, 3.63) is 48.2 Å². The van der Waals surface area contributed by atoms with Gasteiger partial charge in [-0.3, -0.25) is 4.99 Å². The summed E-state index contributed by atoms with van der Waals surface area (Å²) < 4.78 is 36.6. The summed E-state index contributed by atoms with van der Waals surface area (Å²) in [5, 5.41) is 11.9. The van der Waals surface area contributed by atoms with Crippen molar-refractivity contribution in [2.75, 3.05) is 25.0 Å². The van der Waals surface area contributed by atoms with Crippen LogP contribution in [0.3, 0.4) is 0 Å². The van der Waals surface area contributed by atoms with Gasteiger partial charge in [-0.15, -0.1) is 0 Å². The molecule has 0 aliphatic carbocycles. The standard InChI is InChI=1S/C16H17F3N4O/c17-16(18,19)10-22-15(20)14-6-2-5-13(23-14)11-3-1-4-12(9-11)21-7-8-24/h1-6,9,21,24H,7-8,10H2,(H2,20,22). The zero-order valence-electron chi connectivity index (χ0n) is 12.7. The van der Waals surface area contributed by atoms with Crippen LogP contribution in [-0.4, -0.2) is 41.8 Å². The molecule has 0 aliphatic heterocycles. The Morgan fingerprint density at radius 1 is 1.21 bits per heavy atom. The van der Waals surface area contributed by atoms with Crippen molar-refractivity contribution in [2.24, 2.45) is 10.7 Å². The number of nitrogens with zero attached hydrogens (tertiary/aromatic N) is 2. The molecule has 0 amide bonds. The number of hydrogen-bond donors (Lipinski definition) is 3. The maximum absolute atomic E-state index is 12.2. The van der Waals surface area contributed by atoms with Crippen molar-refractivity contribution in [3.63, 3.8) is 0 Å². The zero-order valence-corrected chi connectivity index (χ0v) is 12.7. The van der Waals surface area contributed by atoms with Gasteiger partial charge >= 0.3 is 6.18 Å². The lowest BCUT2D eigenvalue weighted by molar-refractivity contribution is -0.118. The number of alkyl halides is 3. The SMILES string of the molecule is NC(=NCC(F)(F)F)c1cccc(-c2cccc(NCCO)c2)n1. The normalized spacial score (nSPS) is 12.2. The number of amidine groups is 1. The van der Waals surface area contributed by atoms with Crippen molar-refractivity contribution in [2.45, 2.75) is 6.18 Å². The number of rotatable bonds is 6. The molecule has 1 aromatic carbocycles. The van der Waals surface area contributed by atoms with Gasteiger partial charge in [0.1, 0.15) is 18.1 Å². The maximum Gasteiger partial charge on any atom is 0.408 e. The number of nitrogens with one attached hydrogen (secondary N) is 1. The van der Waals surface area contributed by atoms with Crippen LogP contribution in [0.5, 0.6) is 0 Å². The number of nitrogens with two attached hydrogens (primary N) is 1. The fourth-order valence-electron chi connectivity index (χ4n) is 1.98. The lowest BCUT2D eigenvalue weighted by atomic mass is 10.1. The largest absolute Gasteiger partial charge is 0.408 e. The first-order chi connectivity index (χ1) is 11.4. The van der Waals surface area contributed by atoms with Crippen LogP contribution < -0.4 is 11.1 Å². The first-order valence-corrected chi connectivity index (χ1v) is 7.18. The van der Waals surface area contributed by atoms with Crippen LogP contribution >= 0.6 is 0 Å². The van der Waals surface area contributed by atoms with Crippen LogP contribution in [0.1, 0.15) is 5.69 Å². The fraction of sp³-hybridized carbons (Fsp3) is 0.250. The molecule has 4 N–H and O–H groups in total. The summed E-state index contributed by atoms with van der Waals surface area (Å²) in [7, 11) is 0. The first kappa shape index (κ1) is 17.7. The molecular formula is C16H17F3N4O. The molecule has 5 nitrogen and oxygen atoms in total. The third-order valence-electron chi connectivity index (χ3n) is 3.04. The molecule has 2 rings (SSSR count). The molecule has 24 heavy (non-hydrogen) atoms. The highest BCUT2D eigenvalue weighted by molar-refractivity contribution is 5.96. The molecule has 0 saturated heterocycles. The van der Waals surface area contributed by atoms with Gasteiger partial charge in [-0.05, 0) is 24.3 Å². The average Bonchev–Trinajstić information content (AvgIpc) is 2.57. The molecule has 8 heteroatoms. The van der Waals surface area contributed by atoms with Gasteiger partial charge in [0, 0.05) is 17.8 Å². The lowest BCUT2D eigenvalue weighted by Gasteiger charge is -2.08. The third kappa shape index (κ3) is 5.24. The molecule has 0 bridgehead atoms. The third-order valence-corrected chi connectivity index (χ3v) is 3.04. The predicted octanol–water partition coefficient (Wildman–Crippen LogP) is 2.42. The number of halogens is 3. The number of aliphatic hydroxyl groups is 1. The number of benzene rings is 1. The van der Waals surface area contributed by atoms with E-state index in [1.54, 1.807) is 12.1 Å². The van der Waals surface area contributed by atoms with E-state index in [0.29, 0.717) is 12.2 Å². The average molecular weight is 338 g/mol. The van der Waals surface area contributed by atoms with Crippen LogP contribution in [-0.2, 0) is 0 Å². The Hall–Kier alpha value is -2.61. The second kappa shape index (κ2) is 7.78. The molecule has 0 aliphatic rings. The van der Waals surface area contributed by atoms with Crippen LogP contribution in [0.25, 0.3) is 11.3 Å². The van der Waals surface area contributed by atoms with E-state index in [-0.39, 0.29) is 18.1 Å². The minimum atomic E-state index is -4.41. The quantitative estimate of drug-likeness (QED) is 0.558. The number of pyridine rings is 1. The molecule has 0 radical (unpaired) electrons. The maximum atomic E-state index is 12.2. The summed E-state index contributed by atoms with van der Waals surface area (Å²) in [6.45, 7) is -0.927. The Morgan fingerprint density at radius 2 is 1.96 bits per heavy atom. The molecule has 2 aromatic rings. The van der Waals surface area contributed by atoms with Crippen LogP contribution in [0.15, 0.2) is 47.5 Å². The molecule has 0 atom stereocenters. The van der Waals surface area contributed by atoms with Gasteiger partial charge in [0.15, 0.2) is 0 Å². The molecule has 1 heterocycles. The smallest absolute Gasteiger partial charge is 0.395 e. The summed E-state index contributed by atoms with van der Waals surface area (Å²) in [6.07, 6.45) is -4.41. The molecule has 1 aromatic heterocycles. The van der Waals surface area contributed by atoms with Crippen molar-refractivity contribution < 1.29 is 18.3 Å². The summed E-state index contributed by atoms with van der Waals surface area (Å²) in [5.74, 6) is -0.260. The molecule has 0 fully saturated rings. The van der Waals surface area contributed by atoms with Gasteiger partial charge < -0.3 is 16.2 Å². The van der Waals surface area contributed by atoms with Crippen molar-refractivity contribution in [1.82, 2.24) is 4.98 Å². The predicted molar refractivity (Wildman–Crippen MR) is 86.9 cm³/mol. The van der Waals surface area contributed by atoms with E-state index in [1.807, 2.05) is 24.3 Å². The highest BCUT2D eigenvalue weighted by Crippen LogP contribution is 2.21. The molecule has 128 valence electrons. The van der Waals surface area contributed by atoms with Crippen LogP contribution in [0.4, 0.5) is 18.9 Å². The Kier molecular flexibility index (Phi) is 5.75. The van der Waals surface area contributed by atoms with E-state index in [4.69, 9.17) is 10.8 Å². The molecule has 0 spiro atoms. The second-order valence-electron chi connectivity index (χ2n) is 4.96. The Morgan fingerprint density at radius 3 is 2.67 bits per heavy atom. The number of aliphatic hydroxyl groups excluding tert-OH is 1. The second-order valence-corrected chi connectivity index (χ2v) is 4.96. The van der Waals surface area contributed by atoms with Crippen LogP contribution in [0.2, 0.25) is 0 Å². The molecule has 0 unspecified atom stereocenters. The van der Waals surface area contributed by atoms with Gasteiger partial charge in [0.25, 0.3) is 0 Å². The number of anilines is 1. The Labute approximate surface area is 137 Å². The van der Waals surface area contributed by atoms with Gasteiger partial charge in [-0.2, -0.15) is 13.2 Å². The van der Waals surface area contributed by atoms with E-state index in [1.165, 1.54) is 6.07 Å². The Balaban J connectivity index is 2.24. The summed E-state index contributed by atoms with van der Waals surface area (Å²) >= 11 is 0. The van der Waals surface area contributed by atoms with E-state index < -0.39 is 12.7 Å². The summed E-state index contributed by atoms with van der Waals surface area (Å²) in [5.41, 5.74) is 7.90. The minimum Gasteiger partial charge on any atom is -0.395 e. The highest BCUT2D eigenvalue weighted by Gasteiger charge is 2.26. The van der Waals surface area contributed by atoms with Crippen molar-refractivity contribution >= 4 is 11.5 Å². The van der Waals surface area contributed by atoms with Gasteiger partial charge in [-0.25, -0.2) is 4.98 Å². The monoisotopic (exact) mass is 338 g/mol. The van der Waals surface area contributed by atoms with Crippen molar-refractivity contribution in [1.29, 1.82) is 0 Å². The molecule has 0 saturated carbocycles. The van der Waals surface area contributed by atoms with Gasteiger partial charge in [-0.1, -0.05) is 18.2 Å². The number of aliphatic imine (C=N–C) groups is 1. The summed E-state index contributed by atoms with van der Waals surface area (Å²) in [6, 6.07) is 12.2. The molecular weight excluding hydrogens is 321 g/mol.